The topological polar surface area (TPSA) is 89.5 Å². The first kappa shape index (κ1) is 28.1. The number of ether oxygens (including phenoxy) is 6. The number of hydrogen-bond acceptors (Lipinski definition) is 8. The van der Waals surface area contributed by atoms with Gasteiger partial charge in [0.1, 0.15) is 12.2 Å². The van der Waals surface area contributed by atoms with Gasteiger partial charge in [0.05, 0.1) is 13.2 Å². The van der Waals surface area contributed by atoms with Crippen LogP contribution >= 0.6 is 0 Å². The van der Waals surface area contributed by atoms with Crippen LogP contribution in [0.5, 0.6) is 0 Å². The number of alkyl halides is 6. The fourth-order valence-electron chi connectivity index (χ4n) is 3.14. The Bertz CT molecular complexity index is 736. The first-order valence-corrected chi connectivity index (χ1v) is 9.92. The molecule has 2 saturated heterocycles. The molecule has 4 atom stereocenters. The van der Waals surface area contributed by atoms with Crippen LogP contribution in [0.15, 0.2) is 24.3 Å². The Kier molecular flexibility index (Phi) is 8.44. The van der Waals surface area contributed by atoms with Crippen LogP contribution in [0, 0.1) is 0 Å². The molecule has 0 aromatic heterocycles. The van der Waals surface area contributed by atoms with Crippen molar-refractivity contribution in [1.29, 1.82) is 0 Å². The van der Waals surface area contributed by atoms with Crippen molar-refractivity contribution in [2.24, 2.45) is 0 Å². The van der Waals surface area contributed by atoms with Gasteiger partial charge in [-0.2, -0.15) is 26.3 Å². The molecule has 2 aliphatic heterocycles. The van der Waals surface area contributed by atoms with Crippen LogP contribution in [0.25, 0.3) is 0 Å². The van der Waals surface area contributed by atoms with Crippen LogP contribution in [0.2, 0.25) is 0 Å². The summed E-state index contributed by atoms with van der Waals surface area (Å²) in [6.07, 6.45) is -15.8. The molecular formula is C20H24F6O8. The van der Waals surface area contributed by atoms with E-state index in [-0.39, 0.29) is 37.5 Å². The average molecular weight is 506 g/mol. The van der Waals surface area contributed by atoms with E-state index in [9.17, 15) is 35.9 Å². The highest BCUT2D eigenvalue weighted by molar-refractivity contribution is 5.83. The van der Waals surface area contributed by atoms with E-state index in [1.807, 2.05) is 0 Å². The zero-order valence-electron chi connectivity index (χ0n) is 18.6. The quantitative estimate of drug-likeness (QED) is 0.295. The predicted octanol–water partition coefficient (Wildman–Crippen LogP) is 3.35. The average Bonchev–Trinajstić information content (AvgIpc) is 3.21. The number of carbonyl (C=O) groups is 2. The Labute approximate surface area is 190 Å². The Morgan fingerprint density at radius 3 is 1.32 bits per heavy atom. The Balaban J connectivity index is 2.36. The van der Waals surface area contributed by atoms with Gasteiger partial charge in [0.25, 0.3) is 0 Å². The normalized spacial score (nSPS) is 26.6. The third kappa shape index (κ3) is 9.24. The SMILES string of the molecule is CC1(C)OC[C@H]([C@@H](OC(=O)/C=C/C(F)(F)F)[C@H](OC(=O)/C=C/C(F)(F)F)[C@H]2COC(C)(C)O2)O1. The van der Waals surface area contributed by atoms with Crippen molar-refractivity contribution < 1.29 is 64.4 Å². The van der Waals surface area contributed by atoms with E-state index in [1.54, 1.807) is 0 Å². The largest absolute Gasteiger partial charge is 0.452 e. The van der Waals surface area contributed by atoms with Crippen molar-refractivity contribution in [3.8, 4) is 0 Å². The lowest BCUT2D eigenvalue weighted by Crippen LogP contribution is -2.51. The maximum absolute atomic E-state index is 12.5. The molecule has 0 saturated carbocycles. The van der Waals surface area contributed by atoms with Gasteiger partial charge in [-0.3, -0.25) is 0 Å². The van der Waals surface area contributed by atoms with Gasteiger partial charge in [0.15, 0.2) is 23.8 Å². The molecular weight excluding hydrogens is 482 g/mol. The Morgan fingerprint density at radius 1 is 0.765 bits per heavy atom. The minimum atomic E-state index is -4.82. The molecule has 194 valence electrons. The molecule has 2 fully saturated rings. The number of carbonyl (C=O) groups excluding carboxylic acids is 2. The van der Waals surface area contributed by atoms with Gasteiger partial charge in [0, 0.05) is 24.3 Å². The van der Waals surface area contributed by atoms with Crippen LogP contribution in [-0.4, -0.2) is 73.5 Å². The van der Waals surface area contributed by atoms with Crippen LogP contribution in [0.1, 0.15) is 27.7 Å². The Hall–Kier alpha value is -2.16. The second kappa shape index (κ2) is 10.2. The van der Waals surface area contributed by atoms with Crippen LogP contribution < -0.4 is 0 Å². The number of hydrogen-bond donors (Lipinski definition) is 0. The van der Waals surface area contributed by atoms with Crippen LogP contribution in [0.3, 0.4) is 0 Å². The summed E-state index contributed by atoms with van der Waals surface area (Å²) in [6, 6.07) is 0. The fourth-order valence-corrected chi connectivity index (χ4v) is 3.14. The van der Waals surface area contributed by atoms with E-state index >= 15 is 0 Å². The summed E-state index contributed by atoms with van der Waals surface area (Å²) in [4.78, 5) is 24.3. The molecule has 2 aliphatic rings. The third-order valence-electron chi connectivity index (χ3n) is 4.44. The molecule has 0 N–H and O–H groups in total. The third-order valence-corrected chi connectivity index (χ3v) is 4.44. The summed E-state index contributed by atoms with van der Waals surface area (Å²) in [7, 11) is 0. The van der Waals surface area contributed by atoms with Crippen molar-refractivity contribution in [3.63, 3.8) is 0 Å². The summed E-state index contributed by atoms with van der Waals surface area (Å²) in [5, 5.41) is 0. The molecule has 0 radical (unpaired) electrons. The van der Waals surface area contributed by atoms with E-state index in [0.29, 0.717) is 0 Å². The maximum Gasteiger partial charge on any atom is 0.410 e. The summed E-state index contributed by atoms with van der Waals surface area (Å²) in [6.45, 7) is 5.53. The first-order chi connectivity index (χ1) is 15.4. The highest BCUT2D eigenvalue weighted by atomic mass is 19.4. The summed E-state index contributed by atoms with van der Waals surface area (Å²) >= 11 is 0. The molecule has 2 rings (SSSR count). The standard InChI is InChI=1S/C20H24F6O8/c1-17(2)29-9-11(33-17)15(31-13(27)5-7-19(21,22)23)16(12-10-30-18(3,4)34-12)32-14(28)6-8-20(24,25)26/h5-8,11-12,15-16H,9-10H2,1-4H3/b7-5+,8-6+/t11-,12-,15-,16-/m1/s1. The molecule has 0 spiro atoms. The van der Waals surface area contributed by atoms with Crippen molar-refractivity contribution >= 4 is 11.9 Å². The molecule has 0 unspecified atom stereocenters. The first-order valence-electron chi connectivity index (χ1n) is 9.92. The molecule has 0 aromatic rings. The number of esters is 2. The predicted molar refractivity (Wildman–Crippen MR) is 100.0 cm³/mol. The highest BCUT2D eigenvalue weighted by Gasteiger charge is 2.50. The van der Waals surface area contributed by atoms with Gasteiger partial charge in [-0.15, -0.1) is 0 Å². The van der Waals surface area contributed by atoms with Crippen molar-refractivity contribution in [3.05, 3.63) is 24.3 Å². The molecule has 8 nitrogen and oxygen atoms in total. The van der Waals surface area contributed by atoms with Crippen molar-refractivity contribution in [2.45, 2.75) is 76.0 Å². The van der Waals surface area contributed by atoms with Crippen molar-refractivity contribution in [1.82, 2.24) is 0 Å². The molecule has 0 amide bonds. The van der Waals surface area contributed by atoms with Gasteiger partial charge in [-0.1, -0.05) is 0 Å². The van der Waals surface area contributed by atoms with E-state index in [2.05, 4.69) is 0 Å². The molecule has 14 heteroatoms. The summed E-state index contributed by atoms with van der Waals surface area (Å²) in [5.41, 5.74) is 0. The second-order valence-corrected chi connectivity index (χ2v) is 8.29. The minimum absolute atomic E-state index is 0.104. The zero-order chi connectivity index (χ0) is 25.9. The summed E-state index contributed by atoms with van der Waals surface area (Å²) < 4.78 is 107. The van der Waals surface area contributed by atoms with E-state index in [0.717, 1.165) is 0 Å². The lowest BCUT2D eigenvalue weighted by molar-refractivity contribution is -0.205. The van der Waals surface area contributed by atoms with E-state index in [4.69, 9.17) is 28.4 Å². The van der Waals surface area contributed by atoms with Gasteiger partial charge in [-0.05, 0) is 27.7 Å². The monoisotopic (exact) mass is 506 g/mol. The zero-order valence-corrected chi connectivity index (χ0v) is 18.6. The molecule has 0 bridgehead atoms. The lowest BCUT2D eigenvalue weighted by atomic mass is 10.0. The summed E-state index contributed by atoms with van der Waals surface area (Å²) in [5.74, 6) is -5.34. The Morgan fingerprint density at radius 2 is 1.09 bits per heavy atom. The van der Waals surface area contributed by atoms with Crippen LogP contribution in [0.4, 0.5) is 26.3 Å². The van der Waals surface area contributed by atoms with Gasteiger partial charge >= 0.3 is 24.3 Å². The van der Waals surface area contributed by atoms with Gasteiger partial charge in [0.2, 0.25) is 0 Å². The molecule has 2 heterocycles. The van der Waals surface area contributed by atoms with Gasteiger partial charge in [-0.25, -0.2) is 9.59 Å². The van der Waals surface area contributed by atoms with E-state index < -0.39 is 60.3 Å². The van der Waals surface area contributed by atoms with Crippen molar-refractivity contribution in [2.75, 3.05) is 13.2 Å². The number of allylic oxidation sites excluding steroid dienone is 2. The molecule has 0 aromatic carbocycles. The number of rotatable bonds is 7. The highest BCUT2D eigenvalue weighted by Crippen LogP contribution is 2.33. The molecule has 34 heavy (non-hydrogen) atoms. The lowest BCUT2D eigenvalue weighted by Gasteiger charge is -2.33. The van der Waals surface area contributed by atoms with Crippen LogP contribution in [-0.2, 0) is 38.0 Å². The fraction of sp³-hybridized carbons (Fsp3) is 0.700. The van der Waals surface area contributed by atoms with Gasteiger partial charge < -0.3 is 28.4 Å². The molecule has 0 aliphatic carbocycles. The minimum Gasteiger partial charge on any atom is -0.452 e. The van der Waals surface area contributed by atoms with E-state index in [1.165, 1.54) is 27.7 Å². The number of halogens is 6. The maximum atomic E-state index is 12.5. The smallest absolute Gasteiger partial charge is 0.410 e. The second-order valence-electron chi connectivity index (χ2n) is 8.29.